The van der Waals surface area contributed by atoms with Gasteiger partial charge in [-0.15, -0.1) is 5.10 Å². The van der Waals surface area contributed by atoms with Gasteiger partial charge in [-0.1, -0.05) is 24.3 Å². The van der Waals surface area contributed by atoms with Crippen LogP contribution in [0.15, 0.2) is 67.0 Å². The van der Waals surface area contributed by atoms with Crippen molar-refractivity contribution in [2.75, 3.05) is 5.32 Å². The van der Waals surface area contributed by atoms with Gasteiger partial charge in [0.2, 0.25) is 0 Å². The third-order valence-corrected chi connectivity index (χ3v) is 3.01. The Kier molecular flexibility index (Phi) is 4.10. The third kappa shape index (κ3) is 3.49. The highest BCUT2D eigenvalue weighted by Crippen LogP contribution is 2.09. The molecule has 2 amide bonds. The molecule has 0 aliphatic rings. The average molecular weight is 293 g/mol. The summed E-state index contributed by atoms with van der Waals surface area (Å²) in [5.74, 6) is 0.488. The molecule has 0 aliphatic carbocycles. The lowest BCUT2D eigenvalue weighted by Gasteiger charge is -2.05. The van der Waals surface area contributed by atoms with Gasteiger partial charge in [0.15, 0.2) is 5.82 Å². The van der Waals surface area contributed by atoms with Crippen LogP contribution >= 0.6 is 0 Å². The number of urea groups is 1. The number of carbonyl (C=O) groups is 1. The summed E-state index contributed by atoms with van der Waals surface area (Å²) in [5.41, 5.74) is 1.73. The molecular formula is C16H15N5O. The van der Waals surface area contributed by atoms with Gasteiger partial charge >= 0.3 is 6.03 Å². The number of hydrogen-bond donors (Lipinski definition) is 2. The predicted molar refractivity (Wildman–Crippen MR) is 83.7 cm³/mol. The van der Waals surface area contributed by atoms with Crippen LogP contribution in [0, 0.1) is 0 Å². The minimum Gasteiger partial charge on any atom is -0.332 e. The monoisotopic (exact) mass is 293 g/mol. The van der Waals surface area contributed by atoms with Crippen LogP contribution in [0.1, 0.15) is 5.69 Å². The van der Waals surface area contributed by atoms with E-state index in [9.17, 15) is 4.79 Å². The second-order valence-corrected chi connectivity index (χ2v) is 4.61. The maximum Gasteiger partial charge on any atom is 0.320 e. The summed E-state index contributed by atoms with van der Waals surface area (Å²) in [6.45, 7) is 0.367. The molecule has 6 nitrogen and oxygen atoms in total. The molecule has 0 spiro atoms. The molecule has 0 atom stereocenters. The largest absolute Gasteiger partial charge is 0.332 e. The molecule has 0 aliphatic heterocycles. The molecule has 0 bridgehead atoms. The number of nitrogens with one attached hydrogen (secondary N) is 2. The van der Waals surface area contributed by atoms with E-state index in [4.69, 9.17) is 0 Å². The Morgan fingerprint density at radius 1 is 1.05 bits per heavy atom. The number of nitrogens with zero attached hydrogens (tertiary/aromatic N) is 3. The molecule has 110 valence electrons. The number of amides is 2. The van der Waals surface area contributed by atoms with Crippen LogP contribution in [0.3, 0.4) is 0 Å². The van der Waals surface area contributed by atoms with Crippen molar-refractivity contribution in [2.45, 2.75) is 6.54 Å². The summed E-state index contributed by atoms with van der Waals surface area (Å²) in [6, 6.07) is 16.7. The van der Waals surface area contributed by atoms with Crippen LogP contribution in [-0.4, -0.2) is 20.8 Å². The van der Waals surface area contributed by atoms with Crippen molar-refractivity contribution in [1.82, 2.24) is 20.1 Å². The molecule has 0 saturated heterocycles. The highest BCUT2D eigenvalue weighted by Gasteiger charge is 2.05. The Morgan fingerprint density at radius 2 is 1.86 bits per heavy atom. The van der Waals surface area contributed by atoms with E-state index in [1.165, 1.54) is 0 Å². The van der Waals surface area contributed by atoms with Gasteiger partial charge in [0.1, 0.15) is 0 Å². The molecule has 3 aromatic rings. The van der Waals surface area contributed by atoms with Gasteiger partial charge < -0.3 is 5.32 Å². The second-order valence-electron chi connectivity index (χ2n) is 4.61. The Morgan fingerprint density at radius 3 is 2.64 bits per heavy atom. The zero-order valence-corrected chi connectivity index (χ0v) is 11.8. The molecule has 22 heavy (non-hydrogen) atoms. The van der Waals surface area contributed by atoms with Crippen LogP contribution in [-0.2, 0) is 6.54 Å². The first-order chi connectivity index (χ1) is 10.8. The minimum atomic E-state index is -0.316. The quantitative estimate of drug-likeness (QED) is 0.776. The molecule has 0 fully saturated rings. The molecule has 0 saturated carbocycles. The Hall–Kier alpha value is -3.15. The van der Waals surface area contributed by atoms with E-state index in [0.717, 1.165) is 11.4 Å². The second kappa shape index (κ2) is 6.53. The van der Waals surface area contributed by atoms with Gasteiger partial charge in [0.05, 0.1) is 17.9 Å². The summed E-state index contributed by atoms with van der Waals surface area (Å²) in [7, 11) is 0. The lowest BCUT2D eigenvalue weighted by atomic mass is 10.3. The maximum absolute atomic E-state index is 11.8. The van der Waals surface area contributed by atoms with Crippen LogP contribution in [0.25, 0.3) is 5.69 Å². The fourth-order valence-electron chi connectivity index (χ4n) is 1.95. The first-order valence-corrected chi connectivity index (χ1v) is 6.87. The van der Waals surface area contributed by atoms with E-state index in [1.807, 2.05) is 48.5 Å². The number of carbonyl (C=O) groups excluding carboxylic acids is 1. The number of para-hydroxylation sites is 1. The summed E-state index contributed by atoms with van der Waals surface area (Å²) in [4.78, 5) is 16.0. The summed E-state index contributed by atoms with van der Waals surface area (Å²) >= 11 is 0. The van der Waals surface area contributed by atoms with Crippen molar-refractivity contribution < 1.29 is 4.79 Å². The Labute approximate surface area is 127 Å². The zero-order chi connectivity index (χ0) is 15.2. The Bertz CT molecular complexity index is 739. The lowest BCUT2D eigenvalue weighted by Crippen LogP contribution is -2.28. The van der Waals surface area contributed by atoms with E-state index in [1.54, 1.807) is 23.1 Å². The highest BCUT2D eigenvalue weighted by atomic mass is 16.2. The maximum atomic E-state index is 11.8. The number of anilines is 1. The van der Waals surface area contributed by atoms with Gasteiger partial charge in [-0.25, -0.2) is 9.48 Å². The van der Waals surface area contributed by atoms with E-state index in [2.05, 4.69) is 20.7 Å². The van der Waals surface area contributed by atoms with Crippen molar-refractivity contribution in [2.24, 2.45) is 0 Å². The number of pyridine rings is 1. The van der Waals surface area contributed by atoms with E-state index < -0.39 is 0 Å². The first-order valence-electron chi connectivity index (χ1n) is 6.87. The standard InChI is InChI=1S/C16H15N5O/c22-16(18-12-13-6-4-5-10-17-13)19-15-9-11-21(20-15)14-7-2-1-3-8-14/h1-11H,12H2,(H2,18,19,20,22). The van der Waals surface area contributed by atoms with Gasteiger partial charge in [0.25, 0.3) is 0 Å². The molecule has 3 rings (SSSR count). The molecule has 2 aromatic heterocycles. The number of aromatic nitrogens is 3. The number of rotatable bonds is 4. The minimum absolute atomic E-state index is 0.316. The van der Waals surface area contributed by atoms with Crippen LogP contribution in [0.5, 0.6) is 0 Å². The fraction of sp³-hybridized carbons (Fsp3) is 0.0625. The summed E-state index contributed by atoms with van der Waals surface area (Å²) in [5, 5.41) is 9.73. The van der Waals surface area contributed by atoms with Gasteiger partial charge in [0, 0.05) is 18.5 Å². The van der Waals surface area contributed by atoms with Crippen molar-refractivity contribution in [3.63, 3.8) is 0 Å². The SMILES string of the molecule is O=C(NCc1ccccn1)Nc1ccn(-c2ccccc2)n1. The van der Waals surface area contributed by atoms with E-state index in [0.29, 0.717) is 12.4 Å². The van der Waals surface area contributed by atoms with Crippen molar-refractivity contribution in [3.05, 3.63) is 72.7 Å². The topological polar surface area (TPSA) is 71.8 Å². The molecule has 0 unspecified atom stereocenters. The zero-order valence-electron chi connectivity index (χ0n) is 11.8. The number of hydrogen-bond acceptors (Lipinski definition) is 3. The van der Waals surface area contributed by atoms with Gasteiger partial charge in [-0.2, -0.15) is 0 Å². The molecular weight excluding hydrogens is 278 g/mol. The smallest absolute Gasteiger partial charge is 0.320 e. The fourth-order valence-corrected chi connectivity index (χ4v) is 1.95. The molecule has 2 N–H and O–H groups in total. The number of benzene rings is 1. The summed E-state index contributed by atoms with van der Waals surface area (Å²) < 4.78 is 1.70. The third-order valence-electron chi connectivity index (χ3n) is 3.01. The molecule has 1 aromatic carbocycles. The Balaban J connectivity index is 1.57. The summed E-state index contributed by atoms with van der Waals surface area (Å²) in [6.07, 6.45) is 3.49. The van der Waals surface area contributed by atoms with Crippen LogP contribution in [0.2, 0.25) is 0 Å². The van der Waals surface area contributed by atoms with Crippen molar-refractivity contribution >= 4 is 11.8 Å². The first kappa shape index (κ1) is 13.8. The average Bonchev–Trinajstić information content (AvgIpc) is 3.03. The predicted octanol–water partition coefficient (Wildman–Crippen LogP) is 2.59. The van der Waals surface area contributed by atoms with Crippen molar-refractivity contribution in [3.8, 4) is 5.69 Å². The molecule has 6 heteroatoms. The van der Waals surface area contributed by atoms with E-state index >= 15 is 0 Å². The normalized spacial score (nSPS) is 10.2. The van der Waals surface area contributed by atoms with Crippen molar-refractivity contribution in [1.29, 1.82) is 0 Å². The van der Waals surface area contributed by atoms with Crippen LogP contribution in [0.4, 0.5) is 10.6 Å². The van der Waals surface area contributed by atoms with Gasteiger partial charge in [-0.05, 0) is 24.3 Å². The lowest BCUT2D eigenvalue weighted by molar-refractivity contribution is 0.251. The molecule has 2 heterocycles. The van der Waals surface area contributed by atoms with Crippen LogP contribution < -0.4 is 10.6 Å². The molecule has 0 radical (unpaired) electrons. The van der Waals surface area contributed by atoms with E-state index in [-0.39, 0.29) is 6.03 Å². The highest BCUT2D eigenvalue weighted by molar-refractivity contribution is 5.88. The van der Waals surface area contributed by atoms with Gasteiger partial charge in [-0.3, -0.25) is 10.3 Å².